The molecule has 40 heavy (non-hydrogen) atoms. The molecule has 0 spiro atoms. The van der Waals surface area contributed by atoms with Crippen LogP contribution in [0.4, 0.5) is 13.2 Å². The molecule has 1 fully saturated rings. The number of carbonyl (C=O) groups excluding carboxylic acids is 1. The maximum atomic E-state index is 12.1. The van der Waals surface area contributed by atoms with Gasteiger partial charge in [0, 0.05) is 0 Å². The van der Waals surface area contributed by atoms with Gasteiger partial charge in [0.15, 0.2) is 10.0 Å². The first kappa shape index (κ1) is 59.5. The van der Waals surface area contributed by atoms with Crippen LogP contribution in [0.2, 0.25) is 0 Å². The number of benzene rings is 1. The van der Waals surface area contributed by atoms with E-state index in [2.05, 4.69) is 53.2 Å². The van der Waals surface area contributed by atoms with Crippen LogP contribution < -0.4 is 51.4 Å². The van der Waals surface area contributed by atoms with Crippen molar-refractivity contribution in [1.29, 1.82) is 0 Å². The molecule has 1 aliphatic rings. The smallest absolute Gasteiger partial charge is 0.534 e. The third-order valence-electron chi connectivity index (χ3n) is 5.05. The molecule has 2 rings (SSSR count). The van der Waals surface area contributed by atoms with Gasteiger partial charge < -0.3 is 9.52 Å². The van der Waals surface area contributed by atoms with Gasteiger partial charge in [-0.2, -0.15) is 13.2 Å². The summed E-state index contributed by atoms with van der Waals surface area (Å²) >= 11 is 0. The molecular formula is C31H65F3KNO3S. The summed E-state index contributed by atoms with van der Waals surface area (Å²) in [5, 5.41) is 0. The van der Waals surface area contributed by atoms with Gasteiger partial charge >= 0.3 is 56.9 Å². The number of amides is 1. The van der Waals surface area contributed by atoms with Gasteiger partial charge in [-0.1, -0.05) is 143 Å². The minimum absolute atomic E-state index is 0. The van der Waals surface area contributed by atoms with Crippen LogP contribution in [-0.2, 0) is 16.4 Å². The summed E-state index contributed by atoms with van der Waals surface area (Å²) in [6.45, 7) is 15.3. The molecule has 4 nitrogen and oxygen atoms in total. The van der Waals surface area contributed by atoms with Crippen LogP contribution in [0.25, 0.3) is 4.72 Å². The molecule has 1 aliphatic carbocycles. The molecule has 0 atom stereocenters. The van der Waals surface area contributed by atoms with Crippen molar-refractivity contribution >= 4 is 15.9 Å². The Labute approximate surface area is 291 Å². The Morgan fingerprint density at radius 2 is 1.23 bits per heavy atom. The third kappa shape index (κ3) is 26.9. The number of sulfonamides is 1. The minimum atomic E-state index is -5.80. The van der Waals surface area contributed by atoms with Crippen molar-refractivity contribution in [2.24, 2.45) is 23.7 Å². The van der Waals surface area contributed by atoms with Crippen LogP contribution >= 0.6 is 0 Å². The molecule has 0 aliphatic heterocycles. The number of halogens is 3. The predicted molar refractivity (Wildman–Crippen MR) is 170 cm³/mol. The standard InChI is InChI=1S/C13H16F3NO3S.C8H16.C4H10.6CH4.K/c1-9(2)3-4-10-5-7-11(8-6-10)12(18)17-21(19,20)13(14,15)16;1-7(2)8-5-3-4-6-8;1-4(2)3;;;;;;;/h5-9H,3-4H2,1-2H3,(H,17,18);7-8H,3-6H2,1-2H3;4H,1-3H3;6*1H4;/q;;;;;;;;;+1/p-1. The largest absolute Gasteiger partial charge is 1.00 e. The second kappa shape index (κ2) is 29.2. The van der Waals surface area contributed by atoms with Crippen molar-refractivity contribution < 1.29 is 77.8 Å². The third-order valence-corrected chi connectivity index (χ3v) is 6.04. The molecular weight excluding hydrogens is 563 g/mol. The first-order chi connectivity index (χ1) is 15.1. The summed E-state index contributed by atoms with van der Waals surface area (Å²) in [5.41, 5.74) is -4.85. The summed E-state index contributed by atoms with van der Waals surface area (Å²) in [6, 6.07) is 5.69. The Bertz CT molecular complexity index is 786. The van der Waals surface area contributed by atoms with E-state index in [0.29, 0.717) is 5.92 Å². The van der Waals surface area contributed by atoms with Crippen molar-refractivity contribution in [2.45, 2.75) is 137 Å². The molecule has 0 heterocycles. The van der Waals surface area contributed by atoms with Crippen LogP contribution in [0.15, 0.2) is 24.3 Å². The van der Waals surface area contributed by atoms with Gasteiger partial charge in [0.25, 0.3) is 0 Å². The van der Waals surface area contributed by atoms with E-state index in [1.165, 1.54) is 37.8 Å². The van der Waals surface area contributed by atoms with Gasteiger partial charge in [0.1, 0.15) is 0 Å². The average Bonchev–Trinajstić information content (AvgIpc) is 3.21. The molecule has 0 N–H and O–H groups in total. The second-order valence-electron chi connectivity index (χ2n) is 9.97. The first-order valence-electron chi connectivity index (χ1n) is 11.7. The van der Waals surface area contributed by atoms with Gasteiger partial charge in [-0.15, -0.1) is 0 Å². The van der Waals surface area contributed by atoms with Gasteiger partial charge in [-0.05, 0) is 47.6 Å². The van der Waals surface area contributed by atoms with Crippen LogP contribution in [0.5, 0.6) is 0 Å². The molecule has 1 amide bonds. The summed E-state index contributed by atoms with van der Waals surface area (Å²) in [6.07, 6.45) is 7.67. The molecule has 0 bridgehead atoms. The fraction of sp³-hybridized carbons (Fsp3) is 0.774. The van der Waals surface area contributed by atoms with Crippen molar-refractivity contribution in [2.75, 3.05) is 0 Å². The Balaban J connectivity index is -0.0000000767. The topological polar surface area (TPSA) is 65.3 Å². The summed E-state index contributed by atoms with van der Waals surface area (Å²) in [7, 11) is -5.80. The molecule has 9 heteroatoms. The monoisotopic (exact) mass is 627 g/mol. The zero-order valence-corrected chi connectivity index (χ0v) is 26.0. The van der Waals surface area contributed by atoms with E-state index in [4.69, 9.17) is 0 Å². The van der Waals surface area contributed by atoms with E-state index in [1.54, 1.807) is 12.1 Å². The van der Waals surface area contributed by atoms with Crippen LogP contribution in [-0.4, -0.2) is 19.8 Å². The SMILES string of the molecule is C.C.C.C.C.C.CC(C)C.CC(C)C1CCCC1.CC(C)CCc1ccc(C(=O)[N-]S(=O)(=O)C(F)(F)F)cc1.[K+]. The Hall–Kier alpha value is 0.0664. The molecule has 0 aromatic heterocycles. The quantitative estimate of drug-likeness (QED) is 0.296. The number of aryl methyl sites for hydroxylation is 1. The molecule has 0 saturated heterocycles. The van der Waals surface area contributed by atoms with Crippen molar-refractivity contribution in [1.82, 2.24) is 0 Å². The minimum Gasteiger partial charge on any atom is -0.534 e. The molecule has 240 valence electrons. The Morgan fingerprint density at radius 1 is 0.850 bits per heavy atom. The van der Waals surface area contributed by atoms with Crippen molar-refractivity contribution in [3.05, 3.63) is 40.1 Å². The van der Waals surface area contributed by atoms with Crippen molar-refractivity contribution in [3.63, 3.8) is 0 Å². The molecule has 0 unspecified atom stereocenters. The van der Waals surface area contributed by atoms with Crippen LogP contribution in [0, 0.1) is 23.7 Å². The van der Waals surface area contributed by atoms with E-state index < -0.39 is 21.4 Å². The fourth-order valence-electron chi connectivity index (χ4n) is 3.11. The Morgan fingerprint density at radius 3 is 1.50 bits per heavy atom. The van der Waals surface area contributed by atoms with E-state index >= 15 is 0 Å². The predicted octanol–water partition coefficient (Wildman–Crippen LogP) is 8.95. The molecule has 1 saturated carbocycles. The Kier molecular flexibility index (Phi) is 43.3. The van der Waals surface area contributed by atoms with Gasteiger partial charge in [0.05, 0.1) is 5.91 Å². The van der Waals surface area contributed by atoms with Gasteiger partial charge in [-0.3, -0.25) is 0 Å². The maximum Gasteiger partial charge on any atom is 1.00 e. The number of hydrogen-bond donors (Lipinski definition) is 0. The van der Waals surface area contributed by atoms with E-state index in [9.17, 15) is 26.4 Å². The van der Waals surface area contributed by atoms with E-state index in [1.807, 2.05) is 0 Å². The average molecular weight is 628 g/mol. The normalized spacial score (nSPS) is 12.0. The van der Waals surface area contributed by atoms with Crippen molar-refractivity contribution in [3.8, 4) is 0 Å². The second-order valence-corrected chi connectivity index (χ2v) is 11.6. The first-order valence-corrected chi connectivity index (χ1v) is 13.2. The number of nitrogens with zero attached hydrogens (tertiary/aromatic N) is 1. The zero-order valence-electron chi connectivity index (χ0n) is 22.1. The van der Waals surface area contributed by atoms with E-state index in [-0.39, 0.29) is 102 Å². The number of rotatable bonds is 6. The number of hydrogen-bond acceptors (Lipinski definition) is 3. The molecule has 0 radical (unpaired) electrons. The zero-order chi connectivity index (χ0) is 25.8. The fourth-order valence-corrected chi connectivity index (χ4v) is 3.53. The molecule has 1 aromatic carbocycles. The van der Waals surface area contributed by atoms with Crippen LogP contribution in [0.3, 0.4) is 0 Å². The van der Waals surface area contributed by atoms with E-state index in [0.717, 1.165) is 36.2 Å². The summed E-state index contributed by atoms with van der Waals surface area (Å²) < 4.78 is 60.1. The maximum absolute atomic E-state index is 12.1. The molecule has 1 aromatic rings. The van der Waals surface area contributed by atoms with Crippen LogP contribution in [0.1, 0.15) is 141 Å². The van der Waals surface area contributed by atoms with Gasteiger partial charge in [-0.25, -0.2) is 8.42 Å². The summed E-state index contributed by atoms with van der Waals surface area (Å²) in [4.78, 5) is 11.4. The number of carbonyl (C=O) groups is 1. The summed E-state index contributed by atoms with van der Waals surface area (Å²) in [5.74, 6) is 1.91. The van der Waals surface area contributed by atoms with Gasteiger partial charge in [0.2, 0.25) is 0 Å². The number of alkyl halides is 3.